The number of nitrogens with one attached hydrogen (secondary N) is 4. The number of carbonyl (C=O) groups excluding carboxylic acids is 18. The van der Waals surface area contributed by atoms with Crippen molar-refractivity contribution < 1.29 is 117 Å². The fourth-order valence-electron chi connectivity index (χ4n) is 16.6. The van der Waals surface area contributed by atoms with Crippen LogP contribution in [0.4, 0.5) is 57.2 Å². The van der Waals surface area contributed by atoms with Crippen LogP contribution < -0.4 is 45.8 Å². The Morgan fingerprint density at radius 2 is 0.403 bits per heavy atom. The molecule has 0 spiro atoms. The average molecular weight is 2000 g/mol. The summed E-state index contributed by atoms with van der Waals surface area (Å²) in [5.74, 6) is -11.9. The van der Waals surface area contributed by atoms with Crippen LogP contribution in [0.1, 0.15) is 50.1 Å². The van der Waals surface area contributed by atoms with Gasteiger partial charge >= 0.3 is 36.2 Å². The molecule has 14 aromatic rings. The normalized spacial score (nSPS) is 19.4. The third kappa shape index (κ3) is 21.3. The summed E-state index contributed by atoms with van der Waals surface area (Å²) < 4.78 is 0. The molecule has 0 bridgehead atoms. The zero-order valence-corrected chi connectivity index (χ0v) is 78.6. The van der Waals surface area contributed by atoms with Crippen molar-refractivity contribution in [2.75, 3.05) is 24.5 Å². The van der Waals surface area contributed by atoms with Crippen molar-refractivity contribution in [3.63, 3.8) is 0 Å². The van der Waals surface area contributed by atoms with E-state index >= 15 is 0 Å². The predicted molar refractivity (Wildman–Crippen MR) is 537 cm³/mol. The molecule has 14 aromatic carbocycles. The predicted octanol–water partition coefficient (Wildman–Crippen LogP) is 10.9. The maximum absolute atomic E-state index is 13.3. The molecule has 24 amide bonds. The number of nitrogens with zero attached hydrogens (tertiary/aromatic N) is 8. The summed E-state index contributed by atoms with van der Waals surface area (Å²) in [5.41, 5.74) is -9.33. The lowest BCUT2D eigenvalue weighted by molar-refractivity contribution is -0.164. The first-order chi connectivity index (χ1) is 71.7. The smallest absolute Gasteiger partial charge is 0.342 e. The number of carbonyl (C=O) groups is 18. The highest BCUT2D eigenvalue weighted by Crippen LogP contribution is 2.41. The standard InChI is InChI=1S/C24H20N2O4.C23H18N2O4.C22H16N2O4.2C17H14N2O4.C10H8N2O4/c27-21-24(30,16-18-10-4-1-5-11-18)22(28)26(20-14-8-3-9-15-20)23(29)25(21)17-19-12-6-2-7-13-19;26-20-23(29,18-12-6-2-7-13-18)21(27)25(19-14-8-3-9-15-19)22(28)24(20)16-17-10-4-1-5-11-17;25-19-22(28,16-10-4-1-5-11-16)20(26)24(18-14-8-3-9-15-18)21(27)23(19)17-12-6-2-7-13-17;20-14-17(23,13-9-5-2-6-10-13)15(21)19(16(22)18-14)11-12-7-3-1-4-8-12;20-14-17(23,11-12-7-3-1-4-8-12)15(21)19(16(22)18-14)13-9-5-2-6-10-13;13-7-10(16,6-4-2-1-3-5-6)8(14)12-9(15)11-7/h1-15,30H,16-17H2;1-15,29H,16H2;1-15,28H;2*1-10,23H,11H2,(H,18,20,22);1-5,16H,(H2,11,12,13,14,15). The van der Waals surface area contributed by atoms with Crippen LogP contribution in [-0.2, 0) is 112 Å². The lowest BCUT2D eigenvalue weighted by Crippen LogP contribution is -2.69. The average Bonchev–Trinajstić information content (AvgIpc) is 0.728. The molecule has 36 nitrogen and oxygen atoms in total. The molecule has 6 fully saturated rings. The molecule has 0 saturated carbocycles. The van der Waals surface area contributed by atoms with E-state index in [1.807, 2.05) is 39.5 Å². The van der Waals surface area contributed by atoms with Crippen molar-refractivity contribution in [1.29, 1.82) is 0 Å². The van der Waals surface area contributed by atoms with E-state index in [1.165, 1.54) is 48.5 Å². The summed E-state index contributed by atoms with van der Waals surface area (Å²) in [5, 5.41) is 73.1. The summed E-state index contributed by atoms with van der Waals surface area (Å²) in [6.07, 6.45) is -0.442. The van der Waals surface area contributed by atoms with Crippen molar-refractivity contribution in [2.45, 2.75) is 66.1 Å². The molecule has 0 aliphatic carbocycles. The molecule has 0 aromatic heterocycles. The van der Waals surface area contributed by atoms with Gasteiger partial charge in [-0.05, 0) is 88.5 Å². The second kappa shape index (κ2) is 45.0. The topological polar surface area (TPSA) is 503 Å². The van der Waals surface area contributed by atoms with Crippen LogP contribution in [-0.4, -0.2) is 164 Å². The van der Waals surface area contributed by atoms with Gasteiger partial charge in [-0.1, -0.05) is 364 Å². The van der Waals surface area contributed by atoms with Gasteiger partial charge in [-0.2, -0.15) is 0 Å². The van der Waals surface area contributed by atoms with E-state index in [0.29, 0.717) is 33.5 Å². The van der Waals surface area contributed by atoms with Gasteiger partial charge in [-0.25, -0.2) is 53.3 Å². The second-order valence-corrected chi connectivity index (χ2v) is 34.0. The van der Waals surface area contributed by atoms with Crippen LogP contribution in [0, 0.1) is 0 Å². The first-order valence-electron chi connectivity index (χ1n) is 45.9. The molecule has 6 aliphatic heterocycles. The Morgan fingerprint density at radius 1 is 0.181 bits per heavy atom. The fraction of sp³-hybridized carbons (Fsp3) is 0.0973. The molecular formula is C113H90N12O24. The molecule has 0 radical (unpaired) electrons. The van der Waals surface area contributed by atoms with Crippen LogP contribution in [0.2, 0.25) is 0 Å². The Balaban J connectivity index is 0.000000135. The molecule has 746 valence electrons. The molecule has 20 rings (SSSR count). The zero-order chi connectivity index (χ0) is 106. The van der Waals surface area contributed by atoms with Crippen LogP contribution in [0.25, 0.3) is 0 Å². The van der Waals surface area contributed by atoms with Crippen molar-refractivity contribution in [3.05, 3.63) is 475 Å². The van der Waals surface area contributed by atoms with E-state index in [2.05, 4.69) is 0 Å². The number of amides is 24. The number of imide groups is 12. The Labute approximate surface area is 849 Å². The lowest BCUT2D eigenvalue weighted by Gasteiger charge is -2.41. The number of aliphatic hydroxyl groups is 6. The van der Waals surface area contributed by atoms with Gasteiger partial charge in [0, 0.05) is 35.1 Å². The largest absolute Gasteiger partial charge is 0.371 e. The van der Waals surface area contributed by atoms with Gasteiger partial charge in [-0.15, -0.1) is 0 Å². The highest BCUT2D eigenvalue weighted by atomic mass is 16.4. The Hall–Kier alpha value is -19.5. The Kier molecular flexibility index (Phi) is 31.3. The molecule has 6 saturated heterocycles. The van der Waals surface area contributed by atoms with Crippen LogP contribution in [0.15, 0.2) is 425 Å². The summed E-state index contributed by atoms with van der Waals surface area (Å²) in [7, 11) is 0. The molecular weight excluding hydrogens is 1910 g/mol. The van der Waals surface area contributed by atoms with E-state index < -0.39 is 141 Å². The van der Waals surface area contributed by atoms with Crippen molar-refractivity contribution in [1.82, 2.24) is 36.0 Å². The van der Waals surface area contributed by atoms with Crippen LogP contribution >= 0.6 is 0 Å². The third-order valence-electron chi connectivity index (χ3n) is 24.3. The number of hydrogen-bond acceptors (Lipinski definition) is 24. The molecule has 149 heavy (non-hydrogen) atoms. The van der Waals surface area contributed by atoms with Gasteiger partial charge in [0.25, 0.3) is 70.9 Å². The zero-order valence-electron chi connectivity index (χ0n) is 78.6. The van der Waals surface area contributed by atoms with Gasteiger partial charge < -0.3 is 30.6 Å². The molecule has 6 aliphatic rings. The van der Waals surface area contributed by atoms with Crippen LogP contribution in [0.5, 0.6) is 0 Å². The van der Waals surface area contributed by atoms with E-state index in [1.54, 1.807) is 358 Å². The highest BCUT2D eigenvalue weighted by Gasteiger charge is 2.63. The number of benzene rings is 14. The number of urea groups is 6. The van der Waals surface area contributed by atoms with Gasteiger partial charge in [0.05, 0.1) is 48.1 Å². The lowest BCUT2D eigenvalue weighted by atomic mass is 9.88. The van der Waals surface area contributed by atoms with E-state index in [0.717, 1.165) is 39.2 Å². The number of rotatable bonds is 19. The second-order valence-electron chi connectivity index (χ2n) is 34.0. The van der Waals surface area contributed by atoms with Gasteiger partial charge in [0.1, 0.15) is 0 Å². The van der Waals surface area contributed by atoms with Crippen molar-refractivity contribution >= 4 is 136 Å². The minimum absolute atomic E-state index is 0.0338. The summed E-state index contributed by atoms with van der Waals surface area (Å²) >= 11 is 0. The minimum atomic E-state index is -2.53. The first-order valence-corrected chi connectivity index (χ1v) is 45.9. The maximum atomic E-state index is 13.3. The Morgan fingerprint density at radius 3 is 0.732 bits per heavy atom. The third-order valence-corrected chi connectivity index (χ3v) is 24.3. The highest BCUT2D eigenvalue weighted by molar-refractivity contribution is 6.40. The summed E-state index contributed by atoms with van der Waals surface area (Å²) in [6.45, 7) is -0.148. The van der Waals surface area contributed by atoms with E-state index in [9.17, 15) is 117 Å². The van der Waals surface area contributed by atoms with E-state index in [4.69, 9.17) is 0 Å². The maximum Gasteiger partial charge on any atom is 0.342 e. The number of hydrogen-bond donors (Lipinski definition) is 10. The fourth-order valence-corrected chi connectivity index (χ4v) is 16.6. The minimum Gasteiger partial charge on any atom is -0.371 e. The SMILES string of the molecule is O=C1N(Cc2ccccc2)C(=O)C(O)(Cc2ccccc2)C(=O)N1c1ccccc1.O=C1N(Cc2ccccc2)C(=O)C(O)(c2ccccc2)C(=O)N1c1ccccc1.O=C1N(c2ccccc2)C(=O)C(O)(c2ccccc2)C(=O)N1c1ccccc1.O=C1NC(=O)C(O)(Cc2ccccc2)C(=O)N1c1ccccc1.O=C1NC(=O)C(O)(c2ccccc2)C(=O)N1.O=C1NC(=O)C(O)(c2ccccc2)C(=O)N1Cc1ccccc1. The Bertz CT molecular complexity index is 7310. The molecule has 36 heteroatoms. The van der Waals surface area contributed by atoms with Crippen molar-refractivity contribution in [2.24, 2.45) is 0 Å². The molecule has 4 unspecified atom stereocenters. The number of para-hydroxylation sites is 5. The number of anilines is 5. The summed E-state index contributed by atoms with van der Waals surface area (Å²) in [6, 6.07) is 112. The van der Waals surface area contributed by atoms with E-state index in [-0.39, 0.29) is 77.5 Å². The quantitative estimate of drug-likeness (QED) is 0.0336. The van der Waals surface area contributed by atoms with Gasteiger partial charge in [-0.3, -0.25) is 93.5 Å². The monoisotopic (exact) mass is 2000 g/mol. The van der Waals surface area contributed by atoms with Crippen molar-refractivity contribution in [3.8, 4) is 0 Å². The first kappa shape index (κ1) is 104. The van der Waals surface area contributed by atoms with Gasteiger partial charge in [0.2, 0.25) is 33.6 Å². The molecule has 6 heterocycles. The number of barbiturate groups is 6. The summed E-state index contributed by atoms with van der Waals surface area (Å²) in [4.78, 5) is 233. The van der Waals surface area contributed by atoms with Gasteiger partial charge in [0.15, 0.2) is 0 Å². The molecule has 10 N–H and O–H groups in total. The molecule has 4 atom stereocenters. The van der Waals surface area contributed by atoms with Crippen LogP contribution in [0.3, 0.4) is 0 Å².